The van der Waals surface area contributed by atoms with Crippen LogP contribution in [0.15, 0.2) is 53.7 Å². The number of halogens is 3. The number of H-pyrrole nitrogens is 1. The Kier molecular flexibility index (Phi) is 9.03. The molecule has 9 heteroatoms. The highest BCUT2D eigenvalue weighted by molar-refractivity contribution is 14.0. The Morgan fingerprint density at radius 2 is 1.80 bits per heavy atom. The van der Waals surface area contributed by atoms with E-state index in [-0.39, 0.29) is 48.1 Å². The number of carbonyl (C=O) groups excluding carboxylic acids is 1. The van der Waals surface area contributed by atoms with Gasteiger partial charge in [-0.1, -0.05) is 0 Å². The molecule has 0 aliphatic rings. The van der Waals surface area contributed by atoms with Crippen LogP contribution in [0.2, 0.25) is 0 Å². The van der Waals surface area contributed by atoms with Crippen LogP contribution < -0.4 is 16.0 Å². The number of hydrogen-bond donors (Lipinski definition) is 4. The van der Waals surface area contributed by atoms with Gasteiger partial charge >= 0.3 is 0 Å². The predicted octanol–water partition coefficient (Wildman–Crippen LogP) is 3.80. The number of nitrogens with one attached hydrogen (secondary N) is 4. The van der Waals surface area contributed by atoms with E-state index in [0.717, 1.165) is 16.5 Å². The fraction of sp³-hybridized carbons (Fsp3) is 0.238. The summed E-state index contributed by atoms with van der Waals surface area (Å²) < 4.78 is 26.4. The van der Waals surface area contributed by atoms with E-state index in [1.54, 1.807) is 6.07 Å². The van der Waals surface area contributed by atoms with Crippen LogP contribution in [-0.4, -0.2) is 36.5 Å². The summed E-state index contributed by atoms with van der Waals surface area (Å²) >= 11 is 0. The van der Waals surface area contributed by atoms with E-state index in [0.29, 0.717) is 31.2 Å². The van der Waals surface area contributed by atoms with E-state index in [1.807, 2.05) is 13.1 Å². The Bertz CT molecular complexity index is 1000. The third kappa shape index (κ3) is 6.68. The Balaban J connectivity index is 0.00000320. The Morgan fingerprint density at radius 1 is 1.07 bits per heavy atom. The Morgan fingerprint density at radius 3 is 2.53 bits per heavy atom. The van der Waals surface area contributed by atoms with E-state index >= 15 is 0 Å². The van der Waals surface area contributed by atoms with E-state index in [4.69, 9.17) is 0 Å². The lowest BCUT2D eigenvalue weighted by molar-refractivity contribution is -0.114. The molecule has 0 atom stereocenters. The van der Waals surface area contributed by atoms with Gasteiger partial charge in [0.15, 0.2) is 5.96 Å². The molecule has 0 aliphatic heterocycles. The first kappa shape index (κ1) is 23.6. The van der Waals surface area contributed by atoms with Gasteiger partial charge in [0.25, 0.3) is 0 Å². The second-order valence-corrected chi connectivity index (χ2v) is 6.43. The molecule has 0 spiro atoms. The van der Waals surface area contributed by atoms with Gasteiger partial charge in [-0.15, -0.1) is 24.0 Å². The maximum Gasteiger partial charge on any atom is 0.246 e. The number of carbonyl (C=O) groups is 1. The molecule has 0 bridgehead atoms. The van der Waals surface area contributed by atoms with Crippen LogP contribution in [-0.2, 0) is 11.2 Å². The molecular formula is C21H24F2IN5O. The van der Waals surface area contributed by atoms with Crippen molar-refractivity contribution >= 4 is 52.4 Å². The number of aromatic nitrogens is 1. The third-order valence-corrected chi connectivity index (χ3v) is 4.27. The van der Waals surface area contributed by atoms with Gasteiger partial charge in [-0.05, 0) is 61.4 Å². The van der Waals surface area contributed by atoms with Gasteiger partial charge in [0.1, 0.15) is 18.2 Å². The van der Waals surface area contributed by atoms with Crippen molar-refractivity contribution in [1.82, 2.24) is 15.6 Å². The van der Waals surface area contributed by atoms with Crippen molar-refractivity contribution in [1.29, 1.82) is 0 Å². The molecule has 6 nitrogen and oxygen atoms in total. The molecule has 0 saturated carbocycles. The van der Waals surface area contributed by atoms with Crippen LogP contribution in [0, 0.1) is 11.6 Å². The standard InChI is InChI=1S/C21H23F2N5O.HI/c1-2-24-21(27-13-20(29)28-17-6-3-15(22)4-7-17)25-10-9-14-12-26-19-8-5-16(23)11-18(14)19;/h3-8,11-12,26H,2,9-10,13H2,1H3,(H,28,29)(H2,24,25,27);1H. The summed E-state index contributed by atoms with van der Waals surface area (Å²) in [7, 11) is 0. The van der Waals surface area contributed by atoms with Crippen LogP contribution in [0.5, 0.6) is 0 Å². The van der Waals surface area contributed by atoms with Gasteiger partial charge in [0.2, 0.25) is 5.91 Å². The number of aromatic amines is 1. The van der Waals surface area contributed by atoms with Crippen LogP contribution in [0.25, 0.3) is 10.9 Å². The van der Waals surface area contributed by atoms with Crippen molar-refractivity contribution < 1.29 is 13.6 Å². The minimum atomic E-state index is -0.363. The lowest BCUT2D eigenvalue weighted by Crippen LogP contribution is -2.39. The maximum atomic E-state index is 13.5. The number of hydrogen-bond acceptors (Lipinski definition) is 2. The molecule has 1 aromatic heterocycles. The van der Waals surface area contributed by atoms with Crippen LogP contribution in [0.1, 0.15) is 12.5 Å². The molecule has 3 rings (SSSR count). The highest BCUT2D eigenvalue weighted by atomic mass is 127. The number of benzene rings is 2. The van der Waals surface area contributed by atoms with Gasteiger partial charge in [-0.2, -0.15) is 0 Å². The largest absolute Gasteiger partial charge is 0.361 e. The number of anilines is 1. The van der Waals surface area contributed by atoms with Crippen LogP contribution in [0.3, 0.4) is 0 Å². The number of guanidine groups is 1. The number of nitrogens with zero attached hydrogens (tertiary/aromatic N) is 1. The van der Waals surface area contributed by atoms with E-state index < -0.39 is 0 Å². The van der Waals surface area contributed by atoms with Crippen molar-refractivity contribution in [2.75, 3.05) is 25.0 Å². The van der Waals surface area contributed by atoms with Crippen molar-refractivity contribution in [3.05, 3.63) is 65.9 Å². The molecule has 160 valence electrons. The summed E-state index contributed by atoms with van der Waals surface area (Å²) in [5.41, 5.74) is 2.40. The fourth-order valence-corrected chi connectivity index (χ4v) is 2.90. The normalized spacial score (nSPS) is 11.1. The number of rotatable bonds is 7. The molecule has 1 amide bonds. The zero-order valence-electron chi connectivity index (χ0n) is 16.5. The first-order valence-corrected chi connectivity index (χ1v) is 9.38. The van der Waals surface area contributed by atoms with E-state index in [9.17, 15) is 13.6 Å². The van der Waals surface area contributed by atoms with Gasteiger partial charge < -0.3 is 20.9 Å². The highest BCUT2D eigenvalue weighted by Crippen LogP contribution is 2.19. The monoisotopic (exact) mass is 527 g/mol. The first-order chi connectivity index (χ1) is 14.0. The number of aliphatic imine (C=N–C) groups is 1. The van der Waals surface area contributed by atoms with E-state index in [1.165, 1.54) is 36.4 Å². The van der Waals surface area contributed by atoms with Crippen LogP contribution in [0.4, 0.5) is 14.5 Å². The lowest BCUT2D eigenvalue weighted by atomic mass is 10.1. The van der Waals surface area contributed by atoms with Crippen molar-refractivity contribution in [2.45, 2.75) is 13.3 Å². The summed E-state index contributed by atoms with van der Waals surface area (Å²) in [6.45, 7) is 3.06. The minimum Gasteiger partial charge on any atom is -0.361 e. The average molecular weight is 527 g/mol. The second kappa shape index (κ2) is 11.5. The van der Waals surface area contributed by atoms with Gasteiger partial charge in [0, 0.05) is 35.9 Å². The minimum absolute atomic E-state index is 0. The van der Waals surface area contributed by atoms with Gasteiger partial charge in [0.05, 0.1) is 0 Å². The summed E-state index contributed by atoms with van der Waals surface area (Å²) in [5.74, 6) is -0.431. The summed E-state index contributed by atoms with van der Waals surface area (Å²) in [6.07, 6.45) is 2.53. The molecule has 4 N–H and O–H groups in total. The first-order valence-electron chi connectivity index (χ1n) is 9.38. The van der Waals surface area contributed by atoms with Crippen molar-refractivity contribution in [2.24, 2.45) is 4.99 Å². The van der Waals surface area contributed by atoms with Crippen molar-refractivity contribution in [3.8, 4) is 0 Å². The molecule has 0 radical (unpaired) electrons. The predicted molar refractivity (Wildman–Crippen MR) is 126 cm³/mol. The fourth-order valence-electron chi connectivity index (χ4n) is 2.90. The van der Waals surface area contributed by atoms with Gasteiger partial charge in [-0.3, -0.25) is 4.79 Å². The molecule has 0 fully saturated rings. The number of fused-ring (bicyclic) bond motifs is 1. The maximum absolute atomic E-state index is 13.5. The number of amides is 1. The SMILES string of the molecule is CCNC(=NCC(=O)Nc1ccc(F)cc1)NCCc1c[nH]c2ccc(F)cc12.I. The van der Waals surface area contributed by atoms with Gasteiger partial charge in [-0.25, -0.2) is 13.8 Å². The second-order valence-electron chi connectivity index (χ2n) is 6.43. The molecule has 0 aliphatic carbocycles. The summed E-state index contributed by atoms with van der Waals surface area (Å²) in [4.78, 5) is 19.4. The Hall–Kier alpha value is -2.69. The quantitative estimate of drug-likeness (QED) is 0.215. The third-order valence-electron chi connectivity index (χ3n) is 4.27. The van der Waals surface area contributed by atoms with E-state index in [2.05, 4.69) is 25.9 Å². The van der Waals surface area contributed by atoms with Crippen molar-refractivity contribution in [3.63, 3.8) is 0 Å². The summed E-state index contributed by atoms with van der Waals surface area (Å²) in [6, 6.07) is 10.2. The molecular weight excluding hydrogens is 503 g/mol. The zero-order chi connectivity index (χ0) is 20.6. The van der Waals surface area contributed by atoms with Crippen LogP contribution >= 0.6 is 24.0 Å². The molecule has 2 aromatic carbocycles. The zero-order valence-corrected chi connectivity index (χ0v) is 18.8. The summed E-state index contributed by atoms with van der Waals surface area (Å²) in [5, 5.41) is 9.76. The smallest absolute Gasteiger partial charge is 0.246 e. The molecule has 3 aromatic rings. The Labute approximate surface area is 190 Å². The molecule has 0 saturated heterocycles. The molecule has 0 unspecified atom stereocenters. The average Bonchev–Trinajstić information content (AvgIpc) is 3.10. The molecule has 30 heavy (non-hydrogen) atoms. The topological polar surface area (TPSA) is 81.3 Å². The molecule has 1 heterocycles. The lowest BCUT2D eigenvalue weighted by Gasteiger charge is -2.11. The highest BCUT2D eigenvalue weighted by Gasteiger charge is 2.06.